The molecule has 0 aromatic rings. The molecular weight excluding hydrogens is 350 g/mol. The van der Waals surface area contributed by atoms with Crippen molar-refractivity contribution in [1.82, 2.24) is 0 Å². The number of nitrogens with zero attached hydrogens (tertiary/aromatic N) is 1. The highest BCUT2D eigenvalue weighted by Gasteiger charge is 2.66. The number of nitriles is 1. The summed E-state index contributed by atoms with van der Waals surface area (Å²) in [5.74, 6) is 1.72. The van der Waals surface area contributed by atoms with Gasteiger partial charge in [-0.15, -0.1) is 0 Å². The molecule has 0 aromatic carbocycles. The summed E-state index contributed by atoms with van der Waals surface area (Å²) in [7, 11) is 0. The number of fused-ring (bicyclic) bond motifs is 5. The van der Waals surface area contributed by atoms with Gasteiger partial charge in [0.1, 0.15) is 0 Å². The van der Waals surface area contributed by atoms with Gasteiger partial charge in [0, 0.05) is 12.3 Å². The van der Waals surface area contributed by atoms with Gasteiger partial charge < -0.3 is 9.47 Å². The lowest BCUT2D eigenvalue weighted by Gasteiger charge is -2.58. The molecule has 4 aliphatic carbocycles. The van der Waals surface area contributed by atoms with E-state index < -0.39 is 5.79 Å². The first-order valence-corrected chi connectivity index (χ1v) is 11.2. The van der Waals surface area contributed by atoms with Crippen LogP contribution in [0.2, 0.25) is 0 Å². The summed E-state index contributed by atoms with van der Waals surface area (Å²) >= 11 is 0. The maximum atomic E-state index is 12.0. The highest BCUT2D eigenvalue weighted by atomic mass is 16.7. The number of allylic oxidation sites excluding steroid dienone is 1. The Morgan fingerprint density at radius 1 is 1.07 bits per heavy atom. The molecule has 0 N–H and O–H groups in total. The van der Waals surface area contributed by atoms with Gasteiger partial charge in [-0.3, -0.25) is 4.79 Å². The molecule has 4 nitrogen and oxygen atoms in total. The quantitative estimate of drug-likeness (QED) is 0.661. The van der Waals surface area contributed by atoms with E-state index in [4.69, 9.17) is 9.47 Å². The molecule has 0 spiro atoms. The van der Waals surface area contributed by atoms with Crippen molar-refractivity contribution in [3.8, 4) is 6.07 Å². The molecule has 0 amide bonds. The van der Waals surface area contributed by atoms with Gasteiger partial charge >= 0.3 is 0 Å². The Bertz CT molecular complexity index is 760. The van der Waals surface area contributed by atoms with Crippen LogP contribution in [0.4, 0.5) is 0 Å². The van der Waals surface area contributed by atoms with E-state index in [1.54, 1.807) is 0 Å². The molecule has 5 aliphatic rings. The van der Waals surface area contributed by atoms with Crippen LogP contribution in [0.15, 0.2) is 11.6 Å². The zero-order valence-corrected chi connectivity index (χ0v) is 17.5. The Kier molecular flexibility index (Phi) is 4.14. The lowest BCUT2D eigenvalue weighted by atomic mass is 9.46. The van der Waals surface area contributed by atoms with Crippen molar-refractivity contribution in [2.75, 3.05) is 13.2 Å². The SMILES string of the molecule is CC1([C@@H]2[C@H](C#N)C[C@@H]3[C@@H]4CCC5=CC(=O)CC[C@]5(C)[C@H]4CC[C@@]32C)OCCO1. The van der Waals surface area contributed by atoms with E-state index in [0.717, 1.165) is 25.7 Å². The average Bonchev–Trinajstić information content (AvgIpc) is 3.23. The van der Waals surface area contributed by atoms with Crippen LogP contribution >= 0.6 is 0 Å². The Morgan fingerprint density at radius 3 is 2.54 bits per heavy atom. The van der Waals surface area contributed by atoms with Crippen LogP contribution in [0, 0.1) is 51.8 Å². The second-order valence-corrected chi connectivity index (χ2v) is 10.7. The summed E-state index contributed by atoms with van der Waals surface area (Å²) in [4.78, 5) is 12.0. The predicted molar refractivity (Wildman–Crippen MR) is 105 cm³/mol. The minimum absolute atomic E-state index is 0.00882. The normalized spacial score (nSPS) is 49.6. The molecule has 28 heavy (non-hydrogen) atoms. The van der Waals surface area contributed by atoms with Crippen LogP contribution in [0.5, 0.6) is 0 Å². The standard InChI is InChI=1S/C24H33NO3/c1-22-8-6-17(26)13-16(22)4-5-18-19(22)7-9-23(2)20(18)12-15(14-25)21(23)24(3)27-10-11-28-24/h13,15,18-21H,4-12H2,1-3H3/t15-,18+,19-,20+,21+,22-,23-/m0/s1. The Hall–Kier alpha value is -1.18. The molecule has 0 unspecified atom stereocenters. The minimum Gasteiger partial charge on any atom is -0.347 e. The average molecular weight is 384 g/mol. The van der Waals surface area contributed by atoms with E-state index in [1.165, 1.54) is 18.4 Å². The molecule has 0 radical (unpaired) electrons. The van der Waals surface area contributed by atoms with E-state index in [9.17, 15) is 10.1 Å². The number of hydrogen-bond acceptors (Lipinski definition) is 4. The second kappa shape index (κ2) is 6.16. The van der Waals surface area contributed by atoms with E-state index in [-0.39, 0.29) is 22.7 Å². The van der Waals surface area contributed by atoms with Gasteiger partial charge in [-0.05, 0) is 80.1 Å². The van der Waals surface area contributed by atoms with E-state index >= 15 is 0 Å². The van der Waals surface area contributed by atoms with Crippen molar-refractivity contribution in [2.45, 2.75) is 71.5 Å². The Balaban J connectivity index is 1.50. The summed E-state index contributed by atoms with van der Waals surface area (Å²) in [5.41, 5.74) is 1.69. The third-order valence-corrected chi connectivity index (χ3v) is 9.61. The molecule has 7 atom stereocenters. The first kappa shape index (κ1) is 18.8. The van der Waals surface area contributed by atoms with Gasteiger partial charge in [-0.1, -0.05) is 19.4 Å². The van der Waals surface area contributed by atoms with Crippen molar-refractivity contribution in [2.24, 2.45) is 40.4 Å². The summed E-state index contributed by atoms with van der Waals surface area (Å²) in [6.45, 7) is 8.19. The fourth-order valence-corrected chi connectivity index (χ4v) is 8.41. The summed E-state index contributed by atoms with van der Waals surface area (Å²) in [6, 6.07) is 2.65. The van der Waals surface area contributed by atoms with Gasteiger partial charge in [0.15, 0.2) is 11.6 Å². The maximum Gasteiger partial charge on any atom is 0.170 e. The fraction of sp³-hybridized carbons (Fsp3) is 0.833. The van der Waals surface area contributed by atoms with Gasteiger partial charge in [-0.2, -0.15) is 5.26 Å². The van der Waals surface area contributed by atoms with Crippen LogP contribution in [0.3, 0.4) is 0 Å². The molecule has 4 fully saturated rings. The number of carbonyl (C=O) groups is 1. The Morgan fingerprint density at radius 2 is 1.82 bits per heavy atom. The summed E-state index contributed by atoms with van der Waals surface area (Å²) < 4.78 is 12.2. The third-order valence-electron chi connectivity index (χ3n) is 9.61. The Labute approximate surface area is 168 Å². The largest absolute Gasteiger partial charge is 0.347 e. The number of ketones is 1. The lowest BCUT2D eigenvalue weighted by Crippen LogP contribution is -2.53. The van der Waals surface area contributed by atoms with Crippen LogP contribution in [-0.4, -0.2) is 24.8 Å². The molecule has 4 heteroatoms. The smallest absolute Gasteiger partial charge is 0.170 e. The number of hydrogen-bond donors (Lipinski definition) is 0. The molecular formula is C24H33NO3. The number of ether oxygens (including phenoxy) is 2. The minimum atomic E-state index is -0.613. The van der Waals surface area contributed by atoms with Crippen molar-refractivity contribution in [3.05, 3.63) is 11.6 Å². The van der Waals surface area contributed by atoms with Crippen molar-refractivity contribution < 1.29 is 14.3 Å². The lowest BCUT2D eigenvalue weighted by molar-refractivity contribution is -0.220. The van der Waals surface area contributed by atoms with Gasteiger partial charge in [0.25, 0.3) is 0 Å². The van der Waals surface area contributed by atoms with E-state index in [0.29, 0.717) is 43.2 Å². The summed E-state index contributed by atoms with van der Waals surface area (Å²) in [6.07, 6.45) is 9.24. The molecule has 1 aliphatic heterocycles. The van der Waals surface area contributed by atoms with E-state index in [1.807, 2.05) is 6.08 Å². The third kappa shape index (κ3) is 2.39. The first-order valence-electron chi connectivity index (χ1n) is 11.2. The highest BCUT2D eigenvalue weighted by Crippen LogP contribution is 2.69. The maximum absolute atomic E-state index is 12.0. The van der Waals surface area contributed by atoms with Crippen LogP contribution in [0.25, 0.3) is 0 Å². The molecule has 0 aromatic heterocycles. The molecule has 5 rings (SSSR count). The van der Waals surface area contributed by atoms with Crippen LogP contribution in [-0.2, 0) is 14.3 Å². The van der Waals surface area contributed by atoms with Crippen molar-refractivity contribution >= 4 is 5.78 Å². The van der Waals surface area contributed by atoms with Crippen molar-refractivity contribution in [1.29, 1.82) is 5.26 Å². The topological polar surface area (TPSA) is 59.3 Å². The number of rotatable bonds is 1. The second-order valence-electron chi connectivity index (χ2n) is 10.7. The summed E-state index contributed by atoms with van der Waals surface area (Å²) in [5, 5.41) is 10.0. The zero-order valence-electron chi connectivity index (χ0n) is 17.5. The van der Waals surface area contributed by atoms with Crippen molar-refractivity contribution in [3.63, 3.8) is 0 Å². The zero-order chi connectivity index (χ0) is 19.7. The van der Waals surface area contributed by atoms with Gasteiger partial charge in [0.2, 0.25) is 0 Å². The first-order chi connectivity index (χ1) is 13.3. The van der Waals surface area contributed by atoms with Gasteiger partial charge in [-0.25, -0.2) is 0 Å². The molecule has 152 valence electrons. The molecule has 1 saturated heterocycles. The van der Waals surface area contributed by atoms with Crippen LogP contribution < -0.4 is 0 Å². The van der Waals surface area contributed by atoms with Gasteiger partial charge in [0.05, 0.1) is 25.2 Å². The molecule has 3 saturated carbocycles. The monoisotopic (exact) mass is 383 g/mol. The van der Waals surface area contributed by atoms with Crippen LogP contribution in [0.1, 0.15) is 65.7 Å². The van der Waals surface area contributed by atoms with E-state index in [2.05, 4.69) is 26.8 Å². The highest BCUT2D eigenvalue weighted by molar-refractivity contribution is 5.91. The number of carbonyl (C=O) groups excluding carboxylic acids is 1. The predicted octanol–water partition coefficient (Wildman–Crippen LogP) is 4.65. The molecule has 0 bridgehead atoms. The molecule has 1 heterocycles. The fourth-order valence-electron chi connectivity index (χ4n) is 8.41.